The highest BCUT2D eigenvalue weighted by Crippen LogP contribution is 2.05. The van der Waals surface area contributed by atoms with Crippen LogP contribution in [0.15, 0.2) is 30.3 Å². The highest BCUT2D eigenvalue weighted by atomic mass is 32.1. The van der Waals surface area contributed by atoms with Crippen LogP contribution in [-0.4, -0.2) is 69.9 Å². The molecule has 7 N–H and O–H groups in total. The third-order valence-corrected chi connectivity index (χ3v) is 4.55. The molecule has 5 atom stereocenters. The van der Waals surface area contributed by atoms with E-state index in [1.807, 2.05) is 0 Å². The van der Waals surface area contributed by atoms with Crippen LogP contribution in [0.5, 0.6) is 0 Å². The zero-order valence-electron chi connectivity index (χ0n) is 16.7. The van der Waals surface area contributed by atoms with Gasteiger partial charge in [-0.2, -0.15) is 12.6 Å². The van der Waals surface area contributed by atoms with Crippen molar-refractivity contribution in [1.29, 1.82) is 0 Å². The monoisotopic (exact) mass is 440 g/mol. The van der Waals surface area contributed by atoms with Crippen molar-refractivity contribution in [1.82, 2.24) is 16.0 Å². The van der Waals surface area contributed by atoms with E-state index in [1.54, 1.807) is 30.3 Å². The third-order valence-electron chi connectivity index (χ3n) is 4.19. The molecule has 30 heavy (non-hydrogen) atoms. The van der Waals surface area contributed by atoms with E-state index in [2.05, 4.69) is 28.6 Å². The number of hydrogen-bond donors (Lipinski definition) is 7. The Kier molecular flexibility index (Phi) is 10.3. The Bertz CT molecular complexity index is 744. The molecule has 0 fully saturated rings. The topological polar surface area (TPSA) is 171 Å². The van der Waals surface area contributed by atoms with Gasteiger partial charge in [0.2, 0.25) is 17.7 Å². The number of nitrogens with one attached hydrogen (secondary N) is 3. The minimum absolute atomic E-state index is 0.119. The van der Waals surface area contributed by atoms with E-state index in [0.29, 0.717) is 0 Å². The number of hydrogen-bond acceptors (Lipinski definition) is 7. The molecule has 0 saturated heterocycles. The molecule has 0 aromatic heterocycles. The number of aliphatic hydroxyl groups excluding tert-OH is 1. The molecule has 1 rings (SSSR count). The lowest BCUT2D eigenvalue weighted by atomic mass is 10.0. The summed E-state index contributed by atoms with van der Waals surface area (Å²) < 4.78 is 0. The van der Waals surface area contributed by atoms with Crippen LogP contribution < -0.4 is 21.7 Å². The second-order valence-electron chi connectivity index (χ2n) is 6.85. The van der Waals surface area contributed by atoms with Crippen LogP contribution in [0.2, 0.25) is 0 Å². The molecule has 0 aliphatic rings. The first-order chi connectivity index (χ1) is 14.1. The lowest BCUT2D eigenvalue weighted by molar-refractivity contribution is -0.142. The number of carbonyl (C=O) groups excluding carboxylic acids is 3. The summed E-state index contributed by atoms with van der Waals surface area (Å²) >= 11 is 3.86. The first kappa shape index (κ1) is 25.4. The number of aliphatic carboxylic acids is 1. The SMILES string of the molecule is CC(N)C(=O)NC(Cc1ccccc1)C(=O)NC(C(=O)NC(CS)C(=O)O)C(C)O. The zero-order chi connectivity index (χ0) is 22.8. The van der Waals surface area contributed by atoms with Gasteiger partial charge < -0.3 is 31.9 Å². The Morgan fingerprint density at radius 1 is 0.967 bits per heavy atom. The van der Waals surface area contributed by atoms with Gasteiger partial charge in [0.25, 0.3) is 0 Å². The average Bonchev–Trinajstić information content (AvgIpc) is 2.69. The van der Waals surface area contributed by atoms with Crippen LogP contribution in [0.1, 0.15) is 19.4 Å². The summed E-state index contributed by atoms with van der Waals surface area (Å²) in [7, 11) is 0. The molecule has 0 spiro atoms. The van der Waals surface area contributed by atoms with Crippen LogP contribution in [-0.2, 0) is 25.6 Å². The molecule has 10 nitrogen and oxygen atoms in total. The fourth-order valence-electron chi connectivity index (χ4n) is 2.47. The molecule has 0 heterocycles. The maximum Gasteiger partial charge on any atom is 0.327 e. The molecular weight excluding hydrogens is 412 g/mol. The van der Waals surface area contributed by atoms with Crippen molar-refractivity contribution in [2.45, 2.75) is 50.5 Å². The first-order valence-corrected chi connectivity index (χ1v) is 9.92. The van der Waals surface area contributed by atoms with Crippen molar-refractivity contribution in [2.24, 2.45) is 5.73 Å². The minimum atomic E-state index is -1.44. The number of carbonyl (C=O) groups is 4. The van der Waals surface area contributed by atoms with Gasteiger partial charge in [-0.25, -0.2) is 4.79 Å². The van der Waals surface area contributed by atoms with Gasteiger partial charge in [-0.05, 0) is 19.4 Å². The molecule has 1 aromatic rings. The standard InChI is InChI=1S/C19H28N4O6S/c1-10(20)16(25)21-13(8-12-6-4-3-5-7-12)17(26)23-15(11(2)24)18(27)22-14(9-30)19(28)29/h3-7,10-11,13-15,24,30H,8-9,20H2,1-2H3,(H,21,25)(H,22,27)(H,23,26)(H,28,29). The predicted octanol–water partition coefficient (Wildman–Crippen LogP) is -1.57. The highest BCUT2D eigenvalue weighted by molar-refractivity contribution is 7.80. The summed E-state index contributed by atoms with van der Waals surface area (Å²) in [6.07, 6.45) is -1.21. The largest absolute Gasteiger partial charge is 0.480 e. The van der Waals surface area contributed by atoms with E-state index >= 15 is 0 Å². The molecule has 3 amide bonds. The van der Waals surface area contributed by atoms with E-state index in [9.17, 15) is 24.3 Å². The number of nitrogens with two attached hydrogens (primary N) is 1. The van der Waals surface area contributed by atoms with Crippen molar-refractivity contribution < 1.29 is 29.4 Å². The highest BCUT2D eigenvalue weighted by Gasteiger charge is 2.32. The second-order valence-corrected chi connectivity index (χ2v) is 7.21. The van der Waals surface area contributed by atoms with Crippen LogP contribution >= 0.6 is 12.6 Å². The molecule has 1 aromatic carbocycles. The van der Waals surface area contributed by atoms with Crippen molar-refractivity contribution >= 4 is 36.3 Å². The average molecular weight is 441 g/mol. The van der Waals surface area contributed by atoms with Gasteiger partial charge in [-0.15, -0.1) is 0 Å². The number of carboxylic acids is 1. The summed E-state index contributed by atoms with van der Waals surface area (Å²) in [6, 6.07) is 4.21. The minimum Gasteiger partial charge on any atom is -0.480 e. The van der Waals surface area contributed by atoms with Gasteiger partial charge in [0.1, 0.15) is 18.1 Å². The molecule has 0 bridgehead atoms. The van der Waals surface area contributed by atoms with E-state index in [0.717, 1.165) is 5.56 Å². The fourth-order valence-corrected chi connectivity index (χ4v) is 2.72. The zero-order valence-corrected chi connectivity index (χ0v) is 17.6. The van der Waals surface area contributed by atoms with E-state index in [1.165, 1.54) is 13.8 Å². The van der Waals surface area contributed by atoms with E-state index in [4.69, 9.17) is 10.8 Å². The second kappa shape index (κ2) is 12.2. The quantitative estimate of drug-likeness (QED) is 0.204. The number of amides is 3. The van der Waals surface area contributed by atoms with Crippen LogP contribution in [0.25, 0.3) is 0 Å². The first-order valence-electron chi connectivity index (χ1n) is 9.29. The van der Waals surface area contributed by atoms with Crippen molar-refractivity contribution in [2.75, 3.05) is 5.75 Å². The summed E-state index contributed by atoms with van der Waals surface area (Å²) in [5.74, 6) is -3.67. The maximum absolute atomic E-state index is 12.8. The molecule has 5 unspecified atom stereocenters. The van der Waals surface area contributed by atoms with Crippen molar-refractivity contribution in [3.63, 3.8) is 0 Å². The van der Waals surface area contributed by atoms with Gasteiger partial charge in [0.05, 0.1) is 12.1 Å². The molecule has 166 valence electrons. The van der Waals surface area contributed by atoms with Crippen LogP contribution in [0.3, 0.4) is 0 Å². The Morgan fingerprint density at radius 2 is 1.53 bits per heavy atom. The predicted molar refractivity (Wildman–Crippen MR) is 113 cm³/mol. The smallest absolute Gasteiger partial charge is 0.327 e. The molecule has 0 aliphatic heterocycles. The molecular formula is C19H28N4O6S. The summed E-state index contributed by atoms with van der Waals surface area (Å²) in [4.78, 5) is 48.4. The lowest BCUT2D eigenvalue weighted by Gasteiger charge is -2.26. The van der Waals surface area contributed by atoms with Gasteiger partial charge in [0.15, 0.2) is 0 Å². The molecule has 0 radical (unpaired) electrons. The van der Waals surface area contributed by atoms with Crippen LogP contribution in [0, 0.1) is 0 Å². The maximum atomic E-state index is 12.8. The number of rotatable bonds is 11. The normalized spacial score (nSPS) is 15.8. The van der Waals surface area contributed by atoms with Crippen molar-refractivity contribution in [3.8, 4) is 0 Å². The molecule has 0 aliphatic carbocycles. The fraction of sp³-hybridized carbons (Fsp3) is 0.474. The Balaban J connectivity index is 2.99. The summed E-state index contributed by atoms with van der Waals surface area (Å²) in [6.45, 7) is 2.73. The Hall–Kier alpha value is -2.63. The van der Waals surface area contributed by atoms with E-state index < -0.39 is 54.0 Å². The Morgan fingerprint density at radius 3 is 2.00 bits per heavy atom. The van der Waals surface area contributed by atoms with Crippen LogP contribution in [0.4, 0.5) is 0 Å². The molecule has 11 heteroatoms. The summed E-state index contributed by atoms with van der Waals surface area (Å²) in [5.41, 5.74) is 6.31. The number of benzene rings is 1. The number of aliphatic hydroxyl groups is 1. The lowest BCUT2D eigenvalue weighted by Crippen LogP contribution is -2.60. The summed E-state index contributed by atoms with van der Waals surface area (Å²) in [5, 5.41) is 26.1. The van der Waals surface area contributed by atoms with Gasteiger partial charge in [-0.3, -0.25) is 14.4 Å². The van der Waals surface area contributed by atoms with Gasteiger partial charge in [-0.1, -0.05) is 30.3 Å². The van der Waals surface area contributed by atoms with E-state index in [-0.39, 0.29) is 12.2 Å². The number of thiol groups is 1. The number of carboxylic acid groups (broad SMARTS) is 1. The molecule has 0 saturated carbocycles. The van der Waals surface area contributed by atoms with Gasteiger partial charge in [0, 0.05) is 12.2 Å². The van der Waals surface area contributed by atoms with Gasteiger partial charge >= 0.3 is 5.97 Å². The van der Waals surface area contributed by atoms with Crippen molar-refractivity contribution in [3.05, 3.63) is 35.9 Å². The Labute approximate surface area is 180 Å². The third kappa shape index (κ3) is 8.01.